The molecule has 2 aliphatic rings. The number of hydrogen-bond acceptors (Lipinski definition) is 5. The SMILES string of the molecule is C=CCC(OC(=O)N[C@@H]1C[C@H]1c1ccccc1)C1(Cc2ccc(OC)nc2)CCNCC1. The van der Waals surface area contributed by atoms with E-state index in [2.05, 4.69) is 40.4 Å². The Labute approximate surface area is 190 Å². The van der Waals surface area contributed by atoms with Crippen LogP contribution in [0.4, 0.5) is 4.79 Å². The van der Waals surface area contributed by atoms with E-state index in [9.17, 15) is 4.79 Å². The van der Waals surface area contributed by atoms with Gasteiger partial charge >= 0.3 is 6.09 Å². The van der Waals surface area contributed by atoms with Crippen molar-refractivity contribution in [2.75, 3.05) is 20.2 Å². The van der Waals surface area contributed by atoms with Crippen LogP contribution in [-0.4, -0.2) is 43.4 Å². The third-order valence-electron chi connectivity index (χ3n) is 6.80. The number of carbonyl (C=O) groups is 1. The van der Waals surface area contributed by atoms with Crippen LogP contribution >= 0.6 is 0 Å². The van der Waals surface area contributed by atoms with E-state index in [-0.39, 0.29) is 23.7 Å². The van der Waals surface area contributed by atoms with Gasteiger partial charge in [0.2, 0.25) is 5.88 Å². The lowest BCUT2D eigenvalue weighted by molar-refractivity contribution is -0.0129. The van der Waals surface area contributed by atoms with Gasteiger partial charge in [0.15, 0.2) is 0 Å². The molecule has 1 unspecified atom stereocenters. The van der Waals surface area contributed by atoms with Gasteiger partial charge in [0.1, 0.15) is 6.10 Å². The van der Waals surface area contributed by atoms with Crippen LogP contribution in [0.25, 0.3) is 0 Å². The van der Waals surface area contributed by atoms with E-state index in [0.717, 1.165) is 44.3 Å². The molecule has 2 aromatic rings. The lowest BCUT2D eigenvalue weighted by Gasteiger charge is -2.43. The average Bonchev–Trinajstić information content (AvgIpc) is 3.59. The average molecular weight is 436 g/mol. The third-order valence-corrected chi connectivity index (χ3v) is 6.80. The lowest BCUT2D eigenvalue weighted by atomic mass is 9.69. The first-order valence-electron chi connectivity index (χ1n) is 11.5. The first-order chi connectivity index (χ1) is 15.6. The monoisotopic (exact) mass is 435 g/mol. The second-order valence-electron chi connectivity index (χ2n) is 8.92. The number of piperidine rings is 1. The van der Waals surface area contributed by atoms with E-state index >= 15 is 0 Å². The van der Waals surface area contributed by atoms with Gasteiger partial charge in [-0.1, -0.05) is 42.5 Å². The molecule has 6 heteroatoms. The van der Waals surface area contributed by atoms with Crippen molar-refractivity contribution in [3.05, 3.63) is 72.4 Å². The Morgan fingerprint density at radius 1 is 1.28 bits per heavy atom. The van der Waals surface area contributed by atoms with Crippen LogP contribution in [0.1, 0.15) is 42.7 Å². The fourth-order valence-corrected chi connectivity index (χ4v) is 4.89. The smallest absolute Gasteiger partial charge is 0.407 e. The predicted octanol–water partition coefficient (Wildman–Crippen LogP) is 4.23. The molecule has 1 aromatic carbocycles. The molecule has 6 nitrogen and oxygen atoms in total. The van der Waals surface area contributed by atoms with Crippen molar-refractivity contribution in [3.8, 4) is 5.88 Å². The highest BCUT2D eigenvalue weighted by molar-refractivity contribution is 5.69. The third kappa shape index (κ3) is 5.30. The summed E-state index contributed by atoms with van der Waals surface area (Å²) in [6.07, 6.45) is 7.40. The summed E-state index contributed by atoms with van der Waals surface area (Å²) in [5.41, 5.74) is 2.23. The molecule has 1 aliphatic heterocycles. The number of hydrogen-bond donors (Lipinski definition) is 2. The number of benzene rings is 1. The number of aromatic nitrogens is 1. The van der Waals surface area contributed by atoms with Crippen LogP contribution in [0.5, 0.6) is 5.88 Å². The van der Waals surface area contributed by atoms with Crippen molar-refractivity contribution in [1.82, 2.24) is 15.6 Å². The van der Waals surface area contributed by atoms with Crippen molar-refractivity contribution >= 4 is 6.09 Å². The summed E-state index contributed by atoms with van der Waals surface area (Å²) >= 11 is 0. The number of nitrogens with zero attached hydrogens (tertiary/aromatic N) is 1. The molecule has 1 amide bonds. The lowest BCUT2D eigenvalue weighted by Crippen LogP contribution is -2.48. The van der Waals surface area contributed by atoms with Gasteiger partial charge in [-0.15, -0.1) is 6.58 Å². The fraction of sp³-hybridized carbons (Fsp3) is 0.462. The van der Waals surface area contributed by atoms with Gasteiger partial charge < -0.3 is 20.1 Å². The Balaban J connectivity index is 1.44. The standard InChI is InChI=1S/C26H33N3O3/c1-3-7-23(32-25(30)29-22-16-21(22)20-8-5-4-6-9-20)26(12-14-27-15-13-26)17-19-10-11-24(31-2)28-18-19/h3-6,8-11,18,21-23,27H,1,7,12-17H2,2H3,(H,29,30)/t21-,22+,23?/m0/s1. The molecule has 3 atom stereocenters. The zero-order valence-corrected chi connectivity index (χ0v) is 18.8. The van der Waals surface area contributed by atoms with Crippen LogP contribution in [-0.2, 0) is 11.2 Å². The maximum Gasteiger partial charge on any atom is 0.407 e. The van der Waals surface area contributed by atoms with Gasteiger partial charge in [-0.3, -0.25) is 0 Å². The van der Waals surface area contributed by atoms with Crippen LogP contribution in [0.3, 0.4) is 0 Å². The molecule has 2 N–H and O–H groups in total. The highest BCUT2D eigenvalue weighted by Crippen LogP contribution is 2.42. The number of alkyl carbamates (subject to hydrolysis) is 1. The highest BCUT2D eigenvalue weighted by Gasteiger charge is 2.44. The van der Waals surface area contributed by atoms with Crippen LogP contribution < -0.4 is 15.4 Å². The Kier molecular flexibility index (Phi) is 7.10. The van der Waals surface area contributed by atoms with Gasteiger partial charge in [-0.2, -0.15) is 0 Å². The minimum atomic E-state index is -0.328. The number of pyridine rings is 1. The Bertz CT molecular complexity index is 894. The normalized spacial score (nSPS) is 22.4. The summed E-state index contributed by atoms with van der Waals surface area (Å²) in [6.45, 7) is 5.74. The molecule has 2 heterocycles. The van der Waals surface area contributed by atoms with Gasteiger partial charge in [-0.05, 0) is 49.9 Å². The van der Waals surface area contributed by atoms with E-state index in [1.165, 1.54) is 5.56 Å². The van der Waals surface area contributed by atoms with Crippen LogP contribution in [0.15, 0.2) is 61.3 Å². The fourth-order valence-electron chi connectivity index (χ4n) is 4.89. The van der Waals surface area contributed by atoms with E-state index in [1.54, 1.807) is 7.11 Å². The number of rotatable bonds is 9. The molecule has 1 aromatic heterocycles. The molecule has 4 rings (SSSR count). The molecular formula is C26H33N3O3. The molecular weight excluding hydrogens is 402 g/mol. The molecule has 0 spiro atoms. The van der Waals surface area contributed by atoms with Crippen molar-refractivity contribution in [2.45, 2.75) is 50.2 Å². The number of ether oxygens (including phenoxy) is 2. The van der Waals surface area contributed by atoms with Crippen molar-refractivity contribution in [3.63, 3.8) is 0 Å². The highest BCUT2D eigenvalue weighted by atomic mass is 16.6. The molecule has 32 heavy (non-hydrogen) atoms. The molecule has 2 fully saturated rings. The first-order valence-corrected chi connectivity index (χ1v) is 11.5. The molecule has 1 saturated carbocycles. The van der Waals surface area contributed by atoms with Crippen LogP contribution in [0.2, 0.25) is 0 Å². The van der Waals surface area contributed by atoms with E-state index in [4.69, 9.17) is 9.47 Å². The van der Waals surface area contributed by atoms with Gasteiger partial charge in [0.25, 0.3) is 0 Å². The molecule has 170 valence electrons. The minimum absolute atomic E-state index is 0.143. The number of amides is 1. The second kappa shape index (κ2) is 10.2. The Hall–Kier alpha value is -2.86. The second-order valence-corrected chi connectivity index (χ2v) is 8.92. The molecule has 0 bridgehead atoms. The first kappa shape index (κ1) is 22.3. The maximum atomic E-state index is 12.9. The summed E-state index contributed by atoms with van der Waals surface area (Å²) < 4.78 is 11.3. The summed E-state index contributed by atoms with van der Waals surface area (Å²) in [6, 6.07) is 14.4. The summed E-state index contributed by atoms with van der Waals surface area (Å²) in [7, 11) is 1.62. The predicted molar refractivity (Wildman–Crippen MR) is 125 cm³/mol. The zero-order valence-electron chi connectivity index (χ0n) is 18.8. The Morgan fingerprint density at radius 3 is 2.72 bits per heavy atom. The van der Waals surface area contributed by atoms with Crippen molar-refractivity contribution in [1.29, 1.82) is 0 Å². The van der Waals surface area contributed by atoms with Crippen molar-refractivity contribution in [2.24, 2.45) is 5.41 Å². The van der Waals surface area contributed by atoms with E-state index in [1.807, 2.05) is 36.5 Å². The largest absolute Gasteiger partial charge is 0.481 e. The quantitative estimate of drug-likeness (QED) is 0.577. The number of carbonyl (C=O) groups excluding carboxylic acids is 1. The molecule has 0 radical (unpaired) electrons. The topological polar surface area (TPSA) is 72.5 Å². The van der Waals surface area contributed by atoms with Gasteiger partial charge in [0.05, 0.1) is 7.11 Å². The van der Waals surface area contributed by atoms with E-state index < -0.39 is 0 Å². The number of nitrogens with one attached hydrogen (secondary N) is 2. The Morgan fingerprint density at radius 2 is 2.06 bits per heavy atom. The van der Waals surface area contributed by atoms with Gasteiger partial charge in [0, 0.05) is 36.1 Å². The summed E-state index contributed by atoms with van der Waals surface area (Å²) in [5, 5.41) is 6.53. The van der Waals surface area contributed by atoms with Crippen LogP contribution in [0, 0.1) is 5.41 Å². The molecule has 1 saturated heterocycles. The van der Waals surface area contributed by atoms with E-state index in [0.29, 0.717) is 18.2 Å². The molecule has 1 aliphatic carbocycles. The summed E-state index contributed by atoms with van der Waals surface area (Å²) in [5.74, 6) is 0.976. The van der Waals surface area contributed by atoms with Gasteiger partial charge in [-0.25, -0.2) is 9.78 Å². The minimum Gasteiger partial charge on any atom is -0.481 e. The zero-order chi connectivity index (χ0) is 22.4. The number of methoxy groups -OCH3 is 1. The van der Waals surface area contributed by atoms with Crippen molar-refractivity contribution < 1.29 is 14.3 Å². The maximum absolute atomic E-state index is 12.9. The summed E-state index contributed by atoms with van der Waals surface area (Å²) in [4.78, 5) is 17.2.